The van der Waals surface area contributed by atoms with Gasteiger partial charge in [0.2, 0.25) is 0 Å². The highest BCUT2D eigenvalue weighted by Crippen LogP contribution is 2.23. The molecule has 1 saturated carbocycles. The molecule has 2 heterocycles. The van der Waals surface area contributed by atoms with Gasteiger partial charge in [-0.2, -0.15) is 5.10 Å². The van der Waals surface area contributed by atoms with E-state index in [-0.39, 0.29) is 0 Å². The number of hydrogen-bond donors (Lipinski definition) is 2. The van der Waals surface area contributed by atoms with Crippen LogP contribution in [0.4, 0.5) is 0 Å². The maximum Gasteiger partial charge on any atom is 0.151 e. The van der Waals surface area contributed by atoms with Crippen molar-refractivity contribution in [2.24, 2.45) is 0 Å². The van der Waals surface area contributed by atoms with E-state index in [1.165, 1.54) is 12.8 Å². The van der Waals surface area contributed by atoms with Crippen molar-refractivity contribution in [3.63, 3.8) is 0 Å². The van der Waals surface area contributed by atoms with Crippen LogP contribution in [0.5, 0.6) is 0 Å². The van der Waals surface area contributed by atoms with Gasteiger partial charge in [0, 0.05) is 18.8 Å². The molecule has 6 heteroatoms. The van der Waals surface area contributed by atoms with Gasteiger partial charge in [-0.25, -0.2) is 0 Å². The predicted molar refractivity (Wildman–Crippen MR) is 57.4 cm³/mol. The van der Waals surface area contributed by atoms with Crippen LogP contribution in [0, 0.1) is 0 Å². The van der Waals surface area contributed by atoms with Gasteiger partial charge in [0.25, 0.3) is 0 Å². The Kier molecular flexibility index (Phi) is 2.22. The molecule has 0 bridgehead atoms. The van der Waals surface area contributed by atoms with Gasteiger partial charge in [-0.1, -0.05) is 11.3 Å². The Morgan fingerprint density at radius 3 is 3.13 bits per heavy atom. The Morgan fingerprint density at radius 1 is 1.47 bits per heavy atom. The Morgan fingerprint density at radius 2 is 2.40 bits per heavy atom. The molecular weight excluding hydrogens is 210 g/mol. The average molecular weight is 221 g/mol. The van der Waals surface area contributed by atoms with Crippen molar-refractivity contribution >= 4 is 11.3 Å². The summed E-state index contributed by atoms with van der Waals surface area (Å²) >= 11 is 1.62. The average Bonchev–Trinajstić information content (AvgIpc) is 2.78. The molecule has 0 aliphatic heterocycles. The van der Waals surface area contributed by atoms with Crippen molar-refractivity contribution in [3.8, 4) is 10.6 Å². The highest BCUT2D eigenvalue weighted by Gasteiger charge is 2.20. The lowest BCUT2D eigenvalue weighted by atomic mass is 10.4. The van der Waals surface area contributed by atoms with Gasteiger partial charge in [-0.05, 0) is 12.8 Å². The third kappa shape index (κ3) is 2.05. The first-order valence-corrected chi connectivity index (χ1v) is 5.78. The van der Waals surface area contributed by atoms with Gasteiger partial charge in [0.05, 0.1) is 11.8 Å². The molecule has 0 spiro atoms. The SMILES string of the molecule is c1n[nH]cc1-c1nnc(CNC2CC2)s1. The lowest BCUT2D eigenvalue weighted by molar-refractivity contribution is 0.679. The maximum absolute atomic E-state index is 4.14. The quantitative estimate of drug-likeness (QED) is 0.813. The fraction of sp³-hybridized carbons (Fsp3) is 0.444. The summed E-state index contributed by atoms with van der Waals surface area (Å²) in [5.74, 6) is 0. The smallest absolute Gasteiger partial charge is 0.151 e. The van der Waals surface area contributed by atoms with Gasteiger partial charge >= 0.3 is 0 Å². The highest BCUT2D eigenvalue weighted by atomic mass is 32.1. The zero-order valence-electron chi connectivity index (χ0n) is 8.10. The fourth-order valence-electron chi connectivity index (χ4n) is 1.33. The van der Waals surface area contributed by atoms with Gasteiger partial charge in [0.1, 0.15) is 5.01 Å². The molecule has 1 aliphatic carbocycles. The van der Waals surface area contributed by atoms with Crippen molar-refractivity contribution in [3.05, 3.63) is 17.4 Å². The number of nitrogens with one attached hydrogen (secondary N) is 2. The van der Waals surface area contributed by atoms with E-state index in [1.807, 2.05) is 6.20 Å². The summed E-state index contributed by atoms with van der Waals surface area (Å²) in [6.45, 7) is 0.834. The number of H-pyrrole nitrogens is 1. The summed E-state index contributed by atoms with van der Waals surface area (Å²) in [4.78, 5) is 0. The Hall–Kier alpha value is -1.27. The van der Waals surface area contributed by atoms with Gasteiger partial charge in [0.15, 0.2) is 5.01 Å². The van der Waals surface area contributed by atoms with Crippen LogP contribution in [0.2, 0.25) is 0 Å². The summed E-state index contributed by atoms with van der Waals surface area (Å²) in [6.07, 6.45) is 6.19. The minimum absolute atomic E-state index is 0.714. The van der Waals surface area contributed by atoms with Gasteiger partial charge < -0.3 is 5.32 Å². The standard InChI is InChI=1S/C9H11N5S/c1-2-7(1)10-5-8-13-14-9(15-8)6-3-11-12-4-6/h3-4,7,10H,1-2,5H2,(H,11,12). The van der Waals surface area contributed by atoms with Crippen LogP contribution in [0.25, 0.3) is 10.6 Å². The van der Waals surface area contributed by atoms with Crippen LogP contribution in [0.3, 0.4) is 0 Å². The third-order valence-electron chi connectivity index (χ3n) is 2.33. The predicted octanol–water partition coefficient (Wildman–Crippen LogP) is 1.18. The third-order valence-corrected chi connectivity index (χ3v) is 3.30. The van der Waals surface area contributed by atoms with Crippen LogP contribution in [-0.2, 0) is 6.54 Å². The zero-order chi connectivity index (χ0) is 10.1. The first-order chi connectivity index (χ1) is 7.42. The van der Waals surface area contributed by atoms with E-state index >= 15 is 0 Å². The molecule has 0 radical (unpaired) electrons. The van der Waals surface area contributed by atoms with Crippen molar-refractivity contribution in [1.82, 2.24) is 25.7 Å². The van der Waals surface area contributed by atoms with E-state index in [2.05, 4.69) is 25.7 Å². The molecule has 2 aromatic heterocycles. The molecular formula is C9H11N5S. The Balaban J connectivity index is 1.69. The molecule has 0 aromatic carbocycles. The van der Waals surface area contributed by atoms with Crippen LogP contribution < -0.4 is 5.32 Å². The van der Waals surface area contributed by atoms with Crippen LogP contribution in [0.15, 0.2) is 12.4 Å². The summed E-state index contributed by atoms with van der Waals surface area (Å²) in [7, 11) is 0. The number of rotatable bonds is 4. The minimum atomic E-state index is 0.714. The van der Waals surface area contributed by atoms with Crippen molar-refractivity contribution < 1.29 is 0 Å². The van der Waals surface area contributed by atoms with E-state index in [0.717, 1.165) is 22.1 Å². The van der Waals surface area contributed by atoms with Crippen molar-refractivity contribution in [2.45, 2.75) is 25.4 Å². The monoisotopic (exact) mass is 221 g/mol. The summed E-state index contributed by atoms with van der Waals surface area (Å²) in [5.41, 5.74) is 1.00. The molecule has 2 aromatic rings. The van der Waals surface area contributed by atoms with E-state index in [1.54, 1.807) is 17.5 Å². The number of aromatic amines is 1. The van der Waals surface area contributed by atoms with E-state index < -0.39 is 0 Å². The fourth-order valence-corrected chi connectivity index (χ4v) is 2.10. The molecule has 5 nitrogen and oxygen atoms in total. The normalized spacial score (nSPS) is 15.7. The number of hydrogen-bond acceptors (Lipinski definition) is 5. The van der Waals surface area contributed by atoms with Crippen LogP contribution in [0.1, 0.15) is 17.8 Å². The second kappa shape index (κ2) is 3.71. The minimum Gasteiger partial charge on any atom is -0.308 e. The second-order valence-corrected chi connectivity index (χ2v) is 4.71. The topological polar surface area (TPSA) is 66.5 Å². The zero-order valence-corrected chi connectivity index (χ0v) is 8.92. The summed E-state index contributed by atoms with van der Waals surface area (Å²) in [5, 5.41) is 20.3. The molecule has 3 rings (SSSR count). The molecule has 0 unspecified atom stereocenters. The Labute approximate surface area is 90.9 Å². The van der Waals surface area contributed by atoms with Crippen LogP contribution >= 0.6 is 11.3 Å². The summed E-state index contributed by atoms with van der Waals surface area (Å²) < 4.78 is 0. The molecule has 2 N–H and O–H groups in total. The summed E-state index contributed by atoms with van der Waals surface area (Å²) in [6, 6.07) is 0.714. The van der Waals surface area contributed by atoms with Crippen LogP contribution in [-0.4, -0.2) is 26.4 Å². The van der Waals surface area contributed by atoms with E-state index in [4.69, 9.17) is 0 Å². The number of aromatic nitrogens is 4. The van der Waals surface area contributed by atoms with E-state index in [0.29, 0.717) is 6.04 Å². The van der Waals surface area contributed by atoms with Crippen molar-refractivity contribution in [2.75, 3.05) is 0 Å². The highest BCUT2D eigenvalue weighted by molar-refractivity contribution is 7.14. The molecule has 0 saturated heterocycles. The molecule has 1 fully saturated rings. The molecule has 15 heavy (non-hydrogen) atoms. The first-order valence-electron chi connectivity index (χ1n) is 4.97. The largest absolute Gasteiger partial charge is 0.308 e. The molecule has 1 aliphatic rings. The van der Waals surface area contributed by atoms with Gasteiger partial charge in [-0.15, -0.1) is 10.2 Å². The maximum atomic E-state index is 4.14. The van der Waals surface area contributed by atoms with Crippen molar-refractivity contribution in [1.29, 1.82) is 0 Å². The lowest BCUT2D eigenvalue weighted by Gasteiger charge is -1.95. The lowest BCUT2D eigenvalue weighted by Crippen LogP contribution is -2.14. The molecule has 0 atom stereocenters. The van der Waals surface area contributed by atoms with Gasteiger partial charge in [-0.3, -0.25) is 5.10 Å². The Bertz CT molecular complexity index is 431. The first kappa shape index (κ1) is 8.99. The molecule has 0 amide bonds. The van der Waals surface area contributed by atoms with E-state index in [9.17, 15) is 0 Å². The number of nitrogens with zero attached hydrogens (tertiary/aromatic N) is 3. The molecule has 78 valence electrons. The second-order valence-electron chi connectivity index (χ2n) is 3.64.